The van der Waals surface area contributed by atoms with Gasteiger partial charge in [-0.25, -0.2) is 0 Å². The summed E-state index contributed by atoms with van der Waals surface area (Å²) in [5, 5.41) is 4.39. The summed E-state index contributed by atoms with van der Waals surface area (Å²) in [5.74, 6) is 0. The molecule has 84 valence electrons. The third kappa shape index (κ3) is 3.51. The Balaban J connectivity index is 2.78. The number of hydrogen-bond acceptors (Lipinski definition) is 1. The van der Waals surface area contributed by atoms with Crippen molar-refractivity contribution >= 4 is 11.6 Å². The molecule has 0 aromatic heterocycles. The molecule has 1 aromatic carbocycles. The molecule has 1 nitrogen and oxygen atoms in total. The van der Waals surface area contributed by atoms with Crippen molar-refractivity contribution in [1.82, 2.24) is 5.32 Å². The summed E-state index contributed by atoms with van der Waals surface area (Å²) in [4.78, 5) is 0. The van der Waals surface area contributed by atoms with Crippen LogP contribution in [0.1, 0.15) is 43.9 Å². The zero-order chi connectivity index (χ0) is 11.3. The van der Waals surface area contributed by atoms with E-state index < -0.39 is 0 Å². The van der Waals surface area contributed by atoms with Gasteiger partial charge in [0, 0.05) is 11.1 Å². The number of aryl methyl sites for hydroxylation is 1. The van der Waals surface area contributed by atoms with Gasteiger partial charge in [0.1, 0.15) is 0 Å². The van der Waals surface area contributed by atoms with Crippen molar-refractivity contribution in [3.63, 3.8) is 0 Å². The van der Waals surface area contributed by atoms with Crippen LogP contribution in [0.5, 0.6) is 0 Å². The standard InChI is InChI=1S/C13H20ClN/c1-4-8-15-13(5-2)11-6-7-12(14)10(3)9-11/h6-7,9,13,15H,4-5,8H2,1-3H3. The molecule has 1 rings (SSSR count). The smallest absolute Gasteiger partial charge is 0.0435 e. The average molecular weight is 226 g/mol. The molecule has 15 heavy (non-hydrogen) atoms. The molecule has 0 fully saturated rings. The number of rotatable bonds is 5. The molecule has 0 heterocycles. The maximum atomic E-state index is 6.01. The molecule has 1 unspecified atom stereocenters. The lowest BCUT2D eigenvalue weighted by Gasteiger charge is -2.17. The van der Waals surface area contributed by atoms with E-state index in [1.54, 1.807) is 0 Å². The second kappa shape index (κ2) is 6.14. The first kappa shape index (κ1) is 12.5. The van der Waals surface area contributed by atoms with Gasteiger partial charge in [0.15, 0.2) is 0 Å². The normalized spacial score (nSPS) is 12.8. The molecule has 2 heteroatoms. The third-order valence-electron chi connectivity index (χ3n) is 2.63. The molecule has 0 saturated heterocycles. The van der Waals surface area contributed by atoms with E-state index in [0.717, 1.165) is 23.6 Å². The highest BCUT2D eigenvalue weighted by Gasteiger charge is 2.08. The minimum atomic E-state index is 0.459. The highest BCUT2D eigenvalue weighted by Crippen LogP contribution is 2.22. The van der Waals surface area contributed by atoms with Crippen LogP contribution in [0.25, 0.3) is 0 Å². The molecule has 0 saturated carbocycles. The number of halogens is 1. The van der Waals surface area contributed by atoms with Gasteiger partial charge in [0.25, 0.3) is 0 Å². The van der Waals surface area contributed by atoms with E-state index in [-0.39, 0.29) is 0 Å². The van der Waals surface area contributed by atoms with E-state index in [4.69, 9.17) is 11.6 Å². The van der Waals surface area contributed by atoms with Crippen molar-refractivity contribution in [3.8, 4) is 0 Å². The van der Waals surface area contributed by atoms with Gasteiger partial charge in [-0.3, -0.25) is 0 Å². The largest absolute Gasteiger partial charge is 0.310 e. The molecule has 0 aliphatic heterocycles. The SMILES string of the molecule is CCCNC(CC)c1ccc(Cl)c(C)c1. The summed E-state index contributed by atoms with van der Waals surface area (Å²) in [5.41, 5.74) is 2.50. The van der Waals surface area contributed by atoms with Gasteiger partial charge in [-0.05, 0) is 43.5 Å². The Hall–Kier alpha value is -0.530. The van der Waals surface area contributed by atoms with Gasteiger partial charge in [0.05, 0.1) is 0 Å². The molecule has 0 amide bonds. The lowest BCUT2D eigenvalue weighted by Crippen LogP contribution is -2.21. The molecular weight excluding hydrogens is 206 g/mol. The molecular formula is C13H20ClN. The van der Waals surface area contributed by atoms with Gasteiger partial charge in [-0.15, -0.1) is 0 Å². The molecule has 0 aliphatic rings. The molecule has 1 atom stereocenters. The van der Waals surface area contributed by atoms with Crippen LogP contribution in [0, 0.1) is 6.92 Å². The van der Waals surface area contributed by atoms with E-state index in [9.17, 15) is 0 Å². The summed E-state index contributed by atoms with van der Waals surface area (Å²) in [6.45, 7) is 7.52. The lowest BCUT2D eigenvalue weighted by atomic mass is 10.0. The predicted molar refractivity (Wildman–Crippen MR) is 67.5 cm³/mol. The van der Waals surface area contributed by atoms with Crippen LogP contribution in [0.15, 0.2) is 18.2 Å². The highest BCUT2D eigenvalue weighted by molar-refractivity contribution is 6.31. The summed E-state index contributed by atoms with van der Waals surface area (Å²) in [6, 6.07) is 6.74. The molecule has 0 radical (unpaired) electrons. The first-order valence-corrected chi connectivity index (χ1v) is 6.06. The highest BCUT2D eigenvalue weighted by atomic mass is 35.5. The summed E-state index contributed by atoms with van der Waals surface area (Å²) >= 11 is 6.01. The van der Waals surface area contributed by atoms with Gasteiger partial charge in [-0.1, -0.05) is 37.6 Å². The minimum absolute atomic E-state index is 0.459. The molecule has 1 aromatic rings. The Labute approximate surface area is 97.8 Å². The molecule has 1 N–H and O–H groups in total. The van der Waals surface area contributed by atoms with E-state index in [0.29, 0.717) is 6.04 Å². The zero-order valence-electron chi connectivity index (χ0n) is 9.81. The number of hydrogen-bond donors (Lipinski definition) is 1. The van der Waals surface area contributed by atoms with Gasteiger partial charge < -0.3 is 5.32 Å². The Morgan fingerprint density at radius 1 is 1.33 bits per heavy atom. The average Bonchev–Trinajstić information content (AvgIpc) is 2.24. The van der Waals surface area contributed by atoms with E-state index in [2.05, 4.69) is 38.2 Å². The van der Waals surface area contributed by atoms with Gasteiger partial charge in [0.2, 0.25) is 0 Å². The van der Waals surface area contributed by atoms with Crippen molar-refractivity contribution in [3.05, 3.63) is 34.3 Å². The minimum Gasteiger partial charge on any atom is -0.310 e. The summed E-state index contributed by atoms with van der Waals surface area (Å²) in [6.07, 6.45) is 2.28. The molecule has 0 aliphatic carbocycles. The number of benzene rings is 1. The summed E-state index contributed by atoms with van der Waals surface area (Å²) < 4.78 is 0. The Bertz CT molecular complexity index is 309. The number of nitrogens with one attached hydrogen (secondary N) is 1. The zero-order valence-corrected chi connectivity index (χ0v) is 10.6. The Morgan fingerprint density at radius 3 is 2.60 bits per heavy atom. The topological polar surface area (TPSA) is 12.0 Å². The first-order chi connectivity index (χ1) is 7.19. The van der Waals surface area contributed by atoms with E-state index in [1.165, 1.54) is 12.0 Å². The van der Waals surface area contributed by atoms with Crippen LogP contribution in [-0.2, 0) is 0 Å². The van der Waals surface area contributed by atoms with Crippen LogP contribution in [0.4, 0.5) is 0 Å². The Kier molecular flexibility index (Phi) is 5.13. The van der Waals surface area contributed by atoms with Crippen LogP contribution >= 0.6 is 11.6 Å². The van der Waals surface area contributed by atoms with E-state index in [1.807, 2.05) is 6.07 Å². The van der Waals surface area contributed by atoms with Crippen molar-refractivity contribution in [2.24, 2.45) is 0 Å². The van der Waals surface area contributed by atoms with Crippen molar-refractivity contribution in [1.29, 1.82) is 0 Å². The molecule has 0 spiro atoms. The quantitative estimate of drug-likeness (QED) is 0.796. The van der Waals surface area contributed by atoms with Crippen molar-refractivity contribution in [2.45, 2.75) is 39.7 Å². The van der Waals surface area contributed by atoms with Crippen LogP contribution < -0.4 is 5.32 Å². The van der Waals surface area contributed by atoms with Gasteiger partial charge in [-0.2, -0.15) is 0 Å². The van der Waals surface area contributed by atoms with Crippen LogP contribution in [0.3, 0.4) is 0 Å². The lowest BCUT2D eigenvalue weighted by molar-refractivity contribution is 0.518. The van der Waals surface area contributed by atoms with Crippen molar-refractivity contribution in [2.75, 3.05) is 6.54 Å². The van der Waals surface area contributed by atoms with Crippen LogP contribution in [0.2, 0.25) is 5.02 Å². The fourth-order valence-corrected chi connectivity index (χ4v) is 1.82. The van der Waals surface area contributed by atoms with E-state index >= 15 is 0 Å². The second-order valence-corrected chi connectivity index (χ2v) is 4.33. The van der Waals surface area contributed by atoms with Crippen LogP contribution in [-0.4, -0.2) is 6.54 Å². The third-order valence-corrected chi connectivity index (χ3v) is 3.06. The maximum Gasteiger partial charge on any atom is 0.0435 e. The molecule has 0 bridgehead atoms. The summed E-state index contributed by atoms with van der Waals surface area (Å²) in [7, 11) is 0. The first-order valence-electron chi connectivity index (χ1n) is 5.68. The monoisotopic (exact) mass is 225 g/mol. The maximum absolute atomic E-state index is 6.01. The second-order valence-electron chi connectivity index (χ2n) is 3.92. The Morgan fingerprint density at radius 2 is 2.07 bits per heavy atom. The predicted octanol–water partition coefficient (Wildman–Crippen LogP) is 4.10. The van der Waals surface area contributed by atoms with Gasteiger partial charge >= 0.3 is 0 Å². The fourth-order valence-electron chi connectivity index (χ4n) is 1.70. The van der Waals surface area contributed by atoms with Crippen molar-refractivity contribution < 1.29 is 0 Å². The fraction of sp³-hybridized carbons (Fsp3) is 0.538.